The topological polar surface area (TPSA) is 72.1 Å². The van der Waals surface area contributed by atoms with E-state index in [1.807, 2.05) is 0 Å². The maximum atomic E-state index is 10.9. The van der Waals surface area contributed by atoms with Crippen LogP contribution in [0.15, 0.2) is 12.4 Å². The first-order chi connectivity index (χ1) is 8.20. The molecule has 1 heterocycles. The van der Waals surface area contributed by atoms with Gasteiger partial charge in [-0.25, -0.2) is 9.97 Å². The Hall–Kier alpha value is -1.65. The number of amides is 1. The molecule has 0 bridgehead atoms. The molecule has 2 rings (SSSR count). The molecule has 0 atom stereocenters. The van der Waals surface area contributed by atoms with E-state index in [0.29, 0.717) is 0 Å². The van der Waals surface area contributed by atoms with E-state index in [1.54, 1.807) is 6.20 Å². The van der Waals surface area contributed by atoms with Crippen molar-refractivity contribution < 1.29 is 4.79 Å². The molecule has 0 aliphatic heterocycles. The molecule has 0 unspecified atom stereocenters. The summed E-state index contributed by atoms with van der Waals surface area (Å²) in [6, 6.07) is 0. The summed E-state index contributed by atoms with van der Waals surface area (Å²) in [5.41, 5.74) is 5.35. The summed E-state index contributed by atoms with van der Waals surface area (Å²) >= 11 is 0. The molecule has 0 radical (unpaired) electrons. The van der Waals surface area contributed by atoms with Crippen LogP contribution < -0.4 is 10.6 Å². The first kappa shape index (κ1) is 11.8. The van der Waals surface area contributed by atoms with Crippen LogP contribution in [0, 0.1) is 5.92 Å². The average Bonchev–Trinajstić information content (AvgIpc) is 3.13. The molecule has 92 valence electrons. The van der Waals surface area contributed by atoms with Gasteiger partial charge in [0.05, 0.1) is 12.4 Å². The van der Waals surface area contributed by atoms with Crippen molar-refractivity contribution in [3.63, 3.8) is 0 Å². The lowest BCUT2D eigenvalue weighted by atomic mass is 10.3. The van der Waals surface area contributed by atoms with Gasteiger partial charge in [-0.05, 0) is 25.2 Å². The third-order valence-electron chi connectivity index (χ3n) is 2.88. The van der Waals surface area contributed by atoms with Gasteiger partial charge < -0.3 is 10.6 Å². The van der Waals surface area contributed by atoms with Gasteiger partial charge in [-0.15, -0.1) is 0 Å². The fraction of sp³-hybridized carbons (Fsp3) is 0.583. The predicted molar refractivity (Wildman–Crippen MR) is 65.8 cm³/mol. The van der Waals surface area contributed by atoms with E-state index in [1.165, 1.54) is 19.0 Å². The number of carbonyl (C=O) groups excluding carboxylic acids is 1. The number of primary amides is 1. The lowest BCUT2D eigenvalue weighted by Crippen LogP contribution is -2.28. The van der Waals surface area contributed by atoms with Crippen molar-refractivity contribution >= 4 is 11.7 Å². The highest BCUT2D eigenvalue weighted by Crippen LogP contribution is 2.30. The van der Waals surface area contributed by atoms with Gasteiger partial charge in [0, 0.05) is 13.1 Å². The lowest BCUT2D eigenvalue weighted by Gasteiger charge is -2.22. The van der Waals surface area contributed by atoms with Gasteiger partial charge >= 0.3 is 0 Å². The number of hydrogen-bond acceptors (Lipinski definition) is 4. The van der Waals surface area contributed by atoms with Crippen LogP contribution in [0.2, 0.25) is 0 Å². The highest BCUT2D eigenvalue weighted by atomic mass is 16.1. The normalized spacial score (nSPS) is 14.6. The van der Waals surface area contributed by atoms with Crippen molar-refractivity contribution in [3.8, 4) is 0 Å². The van der Waals surface area contributed by atoms with Crippen molar-refractivity contribution in [2.45, 2.75) is 26.2 Å². The molecule has 1 amide bonds. The fourth-order valence-corrected chi connectivity index (χ4v) is 1.79. The maximum absolute atomic E-state index is 10.9. The molecular formula is C12H18N4O. The molecule has 1 saturated carbocycles. The summed E-state index contributed by atoms with van der Waals surface area (Å²) in [5, 5.41) is 0. The quantitative estimate of drug-likeness (QED) is 0.802. The van der Waals surface area contributed by atoms with E-state index in [2.05, 4.69) is 21.8 Å². The van der Waals surface area contributed by atoms with E-state index in [-0.39, 0.29) is 5.69 Å². The molecule has 2 N–H and O–H groups in total. The number of hydrogen-bond donors (Lipinski definition) is 1. The number of nitrogens with zero attached hydrogens (tertiary/aromatic N) is 3. The van der Waals surface area contributed by atoms with E-state index in [4.69, 9.17) is 5.73 Å². The van der Waals surface area contributed by atoms with Crippen molar-refractivity contribution in [2.75, 3.05) is 18.0 Å². The van der Waals surface area contributed by atoms with Crippen LogP contribution in [0.4, 0.5) is 5.82 Å². The Balaban J connectivity index is 2.08. The third-order valence-corrected chi connectivity index (χ3v) is 2.88. The molecule has 17 heavy (non-hydrogen) atoms. The molecule has 0 aromatic carbocycles. The van der Waals surface area contributed by atoms with Gasteiger partial charge in [-0.3, -0.25) is 4.79 Å². The second-order valence-corrected chi connectivity index (χ2v) is 4.51. The first-order valence-electron chi connectivity index (χ1n) is 6.07. The van der Waals surface area contributed by atoms with Gasteiger partial charge in [0.15, 0.2) is 0 Å². The molecule has 0 saturated heterocycles. The standard InChI is InChI=1S/C12H18N4O/c1-2-5-16(8-9-3-4-9)11-7-14-10(6-15-11)12(13)17/h6-7,9H,2-5,8H2,1H3,(H2,13,17). The van der Waals surface area contributed by atoms with Crippen molar-refractivity contribution in [3.05, 3.63) is 18.1 Å². The molecule has 5 nitrogen and oxygen atoms in total. The average molecular weight is 234 g/mol. The number of aromatic nitrogens is 2. The van der Waals surface area contributed by atoms with Gasteiger partial charge in [0.2, 0.25) is 0 Å². The van der Waals surface area contributed by atoms with Crippen LogP contribution in [-0.2, 0) is 0 Å². The molecule has 1 aliphatic carbocycles. The van der Waals surface area contributed by atoms with E-state index < -0.39 is 5.91 Å². The summed E-state index contributed by atoms with van der Waals surface area (Å²) in [5.74, 6) is 1.11. The minimum absolute atomic E-state index is 0.219. The van der Waals surface area contributed by atoms with Crippen LogP contribution in [0.3, 0.4) is 0 Å². The SMILES string of the molecule is CCCN(CC1CC1)c1cnc(C(N)=O)cn1. The Morgan fingerprint density at radius 2 is 2.24 bits per heavy atom. The zero-order valence-electron chi connectivity index (χ0n) is 10.1. The second-order valence-electron chi connectivity index (χ2n) is 4.51. The summed E-state index contributed by atoms with van der Waals surface area (Å²) < 4.78 is 0. The molecule has 1 aromatic rings. The molecule has 0 spiro atoms. The Bertz CT molecular complexity index is 386. The minimum atomic E-state index is -0.534. The third kappa shape index (κ3) is 3.15. The number of rotatable bonds is 6. The van der Waals surface area contributed by atoms with Gasteiger partial charge in [0.1, 0.15) is 11.5 Å². The smallest absolute Gasteiger partial charge is 0.268 e. The number of carbonyl (C=O) groups is 1. The molecular weight excluding hydrogens is 216 g/mol. The highest BCUT2D eigenvalue weighted by Gasteiger charge is 2.24. The van der Waals surface area contributed by atoms with Gasteiger partial charge in [-0.1, -0.05) is 6.92 Å². The van der Waals surface area contributed by atoms with Crippen molar-refractivity contribution in [1.82, 2.24) is 9.97 Å². The minimum Gasteiger partial charge on any atom is -0.364 e. The highest BCUT2D eigenvalue weighted by molar-refractivity contribution is 5.90. The van der Waals surface area contributed by atoms with E-state index >= 15 is 0 Å². The van der Waals surface area contributed by atoms with Crippen LogP contribution in [0.25, 0.3) is 0 Å². The Morgan fingerprint density at radius 3 is 2.71 bits per heavy atom. The second kappa shape index (κ2) is 5.12. The summed E-state index contributed by atoms with van der Waals surface area (Å²) in [4.78, 5) is 21.4. The molecule has 1 fully saturated rings. The van der Waals surface area contributed by atoms with Gasteiger partial charge in [0.25, 0.3) is 5.91 Å². The van der Waals surface area contributed by atoms with Gasteiger partial charge in [-0.2, -0.15) is 0 Å². The van der Waals surface area contributed by atoms with Crippen LogP contribution in [0.5, 0.6) is 0 Å². The Labute approximate surface area is 101 Å². The Morgan fingerprint density at radius 1 is 1.47 bits per heavy atom. The van der Waals surface area contributed by atoms with E-state index in [9.17, 15) is 4.79 Å². The maximum Gasteiger partial charge on any atom is 0.268 e. The number of nitrogens with two attached hydrogens (primary N) is 1. The van der Waals surface area contributed by atoms with Crippen molar-refractivity contribution in [2.24, 2.45) is 11.7 Å². The monoisotopic (exact) mass is 234 g/mol. The summed E-state index contributed by atoms with van der Waals surface area (Å²) in [6.07, 6.45) is 6.79. The molecule has 5 heteroatoms. The zero-order chi connectivity index (χ0) is 12.3. The fourth-order valence-electron chi connectivity index (χ4n) is 1.79. The summed E-state index contributed by atoms with van der Waals surface area (Å²) in [7, 11) is 0. The van der Waals surface area contributed by atoms with Crippen molar-refractivity contribution in [1.29, 1.82) is 0 Å². The predicted octanol–water partition coefficient (Wildman–Crippen LogP) is 1.20. The lowest BCUT2D eigenvalue weighted by molar-refractivity contribution is 0.0995. The Kier molecular flexibility index (Phi) is 3.56. The van der Waals surface area contributed by atoms with Crippen LogP contribution in [-0.4, -0.2) is 29.0 Å². The zero-order valence-corrected chi connectivity index (χ0v) is 10.1. The van der Waals surface area contributed by atoms with Crippen LogP contribution in [0.1, 0.15) is 36.7 Å². The largest absolute Gasteiger partial charge is 0.364 e. The van der Waals surface area contributed by atoms with Crippen LogP contribution >= 0.6 is 0 Å². The van der Waals surface area contributed by atoms with E-state index in [0.717, 1.165) is 31.2 Å². The number of anilines is 1. The molecule has 1 aromatic heterocycles. The summed E-state index contributed by atoms with van der Waals surface area (Å²) in [6.45, 7) is 4.16. The first-order valence-corrected chi connectivity index (χ1v) is 6.07. The molecule has 1 aliphatic rings.